The standard InChI is InChI=1S/C20H31F2N3O4.HI/c1-23-20(24-8-3-9-28-14-15-6-10-27-11-7-15)25-13-16-4-5-17(26-2)18(12-16)29-19(21)22;/h4-5,12,15,19H,3,6-11,13-14H2,1-2H3,(H2,23,24,25);1H. The highest BCUT2D eigenvalue weighted by atomic mass is 127. The van der Waals surface area contributed by atoms with Crippen LogP contribution in [0.4, 0.5) is 8.78 Å². The zero-order valence-corrected chi connectivity index (χ0v) is 19.8. The molecule has 1 aliphatic heterocycles. The van der Waals surface area contributed by atoms with E-state index < -0.39 is 6.61 Å². The van der Waals surface area contributed by atoms with Gasteiger partial charge in [0.15, 0.2) is 17.5 Å². The Morgan fingerprint density at radius 1 is 1.23 bits per heavy atom. The zero-order valence-electron chi connectivity index (χ0n) is 17.5. The summed E-state index contributed by atoms with van der Waals surface area (Å²) in [6.45, 7) is 1.36. The molecule has 1 saturated heterocycles. The first-order valence-electron chi connectivity index (χ1n) is 9.84. The molecule has 1 aromatic rings. The monoisotopic (exact) mass is 543 g/mol. The molecule has 0 spiro atoms. The number of methoxy groups -OCH3 is 1. The van der Waals surface area contributed by atoms with Gasteiger partial charge in [-0.05, 0) is 42.9 Å². The van der Waals surface area contributed by atoms with Crippen molar-refractivity contribution in [2.24, 2.45) is 10.9 Å². The van der Waals surface area contributed by atoms with Gasteiger partial charge in [-0.3, -0.25) is 4.99 Å². The minimum atomic E-state index is -2.91. The van der Waals surface area contributed by atoms with Crippen molar-refractivity contribution in [3.05, 3.63) is 23.8 Å². The summed E-state index contributed by atoms with van der Waals surface area (Å²) in [4.78, 5) is 4.16. The minimum absolute atomic E-state index is 0. The fourth-order valence-electron chi connectivity index (χ4n) is 2.97. The van der Waals surface area contributed by atoms with Gasteiger partial charge in [-0.2, -0.15) is 8.78 Å². The molecule has 0 amide bonds. The van der Waals surface area contributed by atoms with Crippen LogP contribution in [0.3, 0.4) is 0 Å². The molecule has 0 aliphatic carbocycles. The van der Waals surface area contributed by atoms with Gasteiger partial charge in [-0.1, -0.05) is 6.07 Å². The quantitative estimate of drug-likeness (QED) is 0.193. The molecule has 0 radical (unpaired) electrons. The lowest BCUT2D eigenvalue weighted by atomic mass is 10.0. The number of rotatable bonds is 11. The van der Waals surface area contributed by atoms with E-state index in [-0.39, 0.29) is 35.5 Å². The Morgan fingerprint density at radius 2 is 2.00 bits per heavy atom. The topological polar surface area (TPSA) is 73.3 Å². The van der Waals surface area contributed by atoms with Crippen LogP contribution in [0, 0.1) is 5.92 Å². The molecule has 2 rings (SSSR count). The van der Waals surface area contributed by atoms with E-state index in [1.165, 1.54) is 13.2 Å². The van der Waals surface area contributed by atoms with E-state index in [1.54, 1.807) is 19.2 Å². The van der Waals surface area contributed by atoms with Gasteiger partial charge in [0.25, 0.3) is 0 Å². The van der Waals surface area contributed by atoms with Crippen molar-refractivity contribution < 1.29 is 27.7 Å². The summed E-state index contributed by atoms with van der Waals surface area (Å²) in [6, 6.07) is 4.90. The summed E-state index contributed by atoms with van der Waals surface area (Å²) in [7, 11) is 3.08. The molecular weight excluding hydrogens is 511 g/mol. The average Bonchev–Trinajstić information content (AvgIpc) is 2.73. The molecule has 0 bridgehead atoms. The van der Waals surface area contributed by atoms with E-state index in [0.717, 1.165) is 51.2 Å². The highest BCUT2D eigenvalue weighted by molar-refractivity contribution is 14.0. The molecule has 0 saturated carbocycles. The summed E-state index contributed by atoms with van der Waals surface area (Å²) in [5, 5.41) is 6.36. The van der Waals surface area contributed by atoms with Crippen LogP contribution in [0.2, 0.25) is 0 Å². The van der Waals surface area contributed by atoms with Crippen molar-refractivity contribution in [3.8, 4) is 11.5 Å². The minimum Gasteiger partial charge on any atom is -0.493 e. The van der Waals surface area contributed by atoms with Crippen LogP contribution in [0.5, 0.6) is 11.5 Å². The SMILES string of the molecule is CN=C(NCCCOCC1CCOCC1)NCc1ccc(OC)c(OC(F)F)c1.I. The number of hydrogen-bond donors (Lipinski definition) is 2. The Bertz CT molecular complexity index is 632. The zero-order chi connectivity index (χ0) is 20.9. The number of alkyl halides is 2. The Morgan fingerprint density at radius 3 is 2.67 bits per heavy atom. The summed E-state index contributed by atoms with van der Waals surface area (Å²) >= 11 is 0. The van der Waals surface area contributed by atoms with Crippen LogP contribution in [0.25, 0.3) is 0 Å². The molecule has 7 nitrogen and oxygen atoms in total. The van der Waals surface area contributed by atoms with Crippen molar-refractivity contribution in [2.45, 2.75) is 32.4 Å². The number of halogens is 3. The van der Waals surface area contributed by atoms with Crippen molar-refractivity contribution in [1.29, 1.82) is 0 Å². The molecule has 10 heteroatoms. The van der Waals surface area contributed by atoms with Gasteiger partial charge in [-0.25, -0.2) is 0 Å². The number of ether oxygens (including phenoxy) is 4. The number of hydrogen-bond acceptors (Lipinski definition) is 5. The highest BCUT2D eigenvalue weighted by Crippen LogP contribution is 2.29. The lowest BCUT2D eigenvalue weighted by molar-refractivity contribution is -0.0512. The molecule has 2 N–H and O–H groups in total. The molecule has 0 aromatic heterocycles. The van der Waals surface area contributed by atoms with Crippen LogP contribution in [-0.4, -0.2) is 59.7 Å². The molecule has 1 heterocycles. The summed E-state index contributed by atoms with van der Waals surface area (Å²) < 4.78 is 45.7. The third kappa shape index (κ3) is 10.1. The van der Waals surface area contributed by atoms with Crippen LogP contribution in [-0.2, 0) is 16.0 Å². The first-order valence-corrected chi connectivity index (χ1v) is 9.84. The van der Waals surface area contributed by atoms with Gasteiger partial charge >= 0.3 is 6.61 Å². The van der Waals surface area contributed by atoms with Gasteiger partial charge in [0.05, 0.1) is 7.11 Å². The van der Waals surface area contributed by atoms with Crippen molar-refractivity contribution >= 4 is 29.9 Å². The van der Waals surface area contributed by atoms with Gasteiger partial charge in [-0.15, -0.1) is 24.0 Å². The van der Waals surface area contributed by atoms with Crippen LogP contribution >= 0.6 is 24.0 Å². The van der Waals surface area contributed by atoms with Crippen LogP contribution in [0.1, 0.15) is 24.8 Å². The van der Waals surface area contributed by atoms with Gasteiger partial charge in [0.2, 0.25) is 0 Å². The molecule has 30 heavy (non-hydrogen) atoms. The fourth-order valence-corrected chi connectivity index (χ4v) is 2.97. The number of benzene rings is 1. The third-order valence-corrected chi connectivity index (χ3v) is 4.58. The third-order valence-electron chi connectivity index (χ3n) is 4.58. The van der Waals surface area contributed by atoms with E-state index in [0.29, 0.717) is 25.0 Å². The number of nitrogens with one attached hydrogen (secondary N) is 2. The maximum Gasteiger partial charge on any atom is 0.387 e. The van der Waals surface area contributed by atoms with Crippen molar-refractivity contribution in [3.63, 3.8) is 0 Å². The van der Waals surface area contributed by atoms with Gasteiger partial charge in [0, 0.05) is 46.6 Å². The summed E-state index contributed by atoms with van der Waals surface area (Å²) in [5.74, 6) is 1.50. The molecular formula is C20H32F2IN3O4. The van der Waals surface area contributed by atoms with Crippen molar-refractivity contribution in [2.75, 3.05) is 47.1 Å². The molecule has 1 fully saturated rings. The molecule has 1 aromatic carbocycles. The second-order valence-corrected chi connectivity index (χ2v) is 6.70. The lowest BCUT2D eigenvalue weighted by Crippen LogP contribution is -2.37. The summed E-state index contributed by atoms with van der Waals surface area (Å²) in [5.41, 5.74) is 0.768. The molecule has 172 valence electrons. The maximum atomic E-state index is 12.5. The highest BCUT2D eigenvalue weighted by Gasteiger charge is 2.13. The van der Waals surface area contributed by atoms with E-state index in [2.05, 4.69) is 20.4 Å². The van der Waals surface area contributed by atoms with Crippen LogP contribution in [0.15, 0.2) is 23.2 Å². The normalized spacial score (nSPS) is 14.9. The predicted octanol–water partition coefficient (Wildman–Crippen LogP) is 3.41. The number of nitrogens with zero attached hydrogens (tertiary/aromatic N) is 1. The molecule has 0 atom stereocenters. The van der Waals surface area contributed by atoms with E-state index in [1.807, 2.05) is 0 Å². The van der Waals surface area contributed by atoms with Gasteiger partial charge in [0.1, 0.15) is 0 Å². The Kier molecular flexibility index (Phi) is 13.7. The number of aliphatic imine (C=N–C) groups is 1. The first kappa shape index (κ1) is 26.6. The van der Waals surface area contributed by atoms with E-state index in [9.17, 15) is 8.78 Å². The van der Waals surface area contributed by atoms with E-state index in [4.69, 9.17) is 14.2 Å². The predicted molar refractivity (Wildman–Crippen MR) is 122 cm³/mol. The summed E-state index contributed by atoms with van der Waals surface area (Å²) in [6.07, 6.45) is 3.01. The Labute approximate surface area is 193 Å². The van der Waals surface area contributed by atoms with E-state index >= 15 is 0 Å². The average molecular weight is 543 g/mol. The van der Waals surface area contributed by atoms with Crippen LogP contribution < -0.4 is 20.1 Å². The smallest absolute Gasteiger partial charge is 0.387 e. The van der Waals surface area contributed by atoms with Gasteiger partial charge < -0.3 is 29.6 Å². The largest absolute Gasteiger partial charge is 0.493 e. The maximum absolute atomic E-state index is 12.5. The number of guanidine groups is 1. The van der Waals surface area contributed by atoms with Crippen molar-refractivity contribution in [1.82, 2.24) is 10.6 Å². The lowest BCUT2D eigenvalue weighted by Gasteiger charge is -2.21. The Balaban J connectivity index is 0.00000450. The Hall–Kier alpha value is -1.40. The molecule has 1 aliphatic rings. The first-order chi connectivity index (χ1) is 14.1. The fraction of sp³-hybridized carbons (Fsp3) is 0.650. The molecule has 0 unspecified atom stereocenters. The second kappa shape index (κ2) is 15.4. The second-order valence-electron chi connectivity index (χ2n) is 6.70.